The number of fused-ring (bicyclic) bond motifs is 2. The number of methoxy groups -OCH3 is 1. The van der Waals surface area contributed by atoms with E-state index in [0.29, 0.717) is 6.54 Å². The van der Waals surface area contributed by atoms with Crippen molar-refractivity contribution in [3.8, 4) is 11.5 Å². The lowest BCUT2D eigenvalue weighted by atomic mass is 9.98. The van der Waals surface area contributed by atoms with E-state index in [4.69, 9.17) is 9.47 Å². The first-order valence-corrected chi connectivity index (χ1v) is 12.3. The van der Waals surface area contributed by atoms with Gasteiger partial charge in [0.1, 0.15) is 24.2 Å². The third-order valence-corrected chi connectivity index (χ3v) is 7.06. The summed E-state index contributed by atoms with van der Waals surface area (Å²) in [6, 6.07) is 23.2. The van der Waals surface area contributed by atoms with Gasteiger partial charge in [-0.25, -0.2) is 0 Å². The highest BCUT2D eigenvalue weighted by Crippen LogP contribution is 2.32. The number of benzene rings is 3. The van der Waals surface area contributed by atoms with Crippen molar-refractivity contribution >= 4 is 5.69 Å². The molecule has 0 radical (unpaired) electrons. The Morgan fingerprint density at radius 3 is 2.38 bits per heavy atom. The zero-order valence-corrected chi connectivity index (χ0v) is 20.0. The van der Waals surface area contributed by atoms with Gasteiger partial charge < -0.3 is 19.5 Å². The summed E-state index contributed by atoms with van der Waals surface area (Å²) < 4.78 is 11.0. The first kappa shape index (κ1) is 22.8. The van der Waals surface area contributed by atoms with Crippen LogP contribution in [0.1, 0.15) is 22.3 Å². The van der Waals surface area contributed by atoms with Crippen LogP contribution in [0.3, 0.4) is 0 Å². The van der Waals surface area contributed by atoms with E-state index in [0.717, 1.165) is 56.9 Å². The molecule has 1 unspecified atom stereocenters. The van der Waals surface area contributed by atoms with Crippen molar-refractivity contribution in [2.75, 3.05) is 51.3 Å². The molecule has 5 heteroatoms. The van der Waals surface area contributed by atoms with Crippen molar-refractivity contribution in [1.82, 2.24) is 4.90 Å². The molecule has 1 saturated heterocycles. The highest BCUT2D eigenvalue weighted by Gasteiger charge is 2.23. The molecule has 0 bridgehead atoms. The fraction of sp³-hybridized carbons (Fsp3) is 0.379. The minimum Gasteiger partial charge on any atom is -0.497 e. The minimum absolute atomic E-state index is 0.278. The Morgan fingerprint density at radius 1 is 0.824 bits per heavy atom. The fourth-order valence-corrected chi connectivity index (χ4v) is 5.22. The Bertz CT molecular complexity index is 1110. The van der Waals surface area contributed by atoms with Crippen molar-refractivity contribution in [2.45, 2.75) is 25.4 Å². The molecule has 1 N–H and O–H groups in total. The van der Waals surface area contributed by atoms with Crippen molar-refractivity contribution in [2.24, 2.45) is 0 Å². The number of piperazine rings is 1. The predicted molar refractivity (Wildman–Crippen MR) is 136 cm³/mol. The van der Waals surface area contributed by atoms with E-state index in [-0.39, 0.29) is 6.61 Å². The largest absolute Gasteiger partial charge is 0.497 e. The van der Waals surface area contributed by atoms with Gasteiger partial charge in [-0.05, 0) is 59.7 Å². The number of aryl methyl sites for hydroxylation is 1. The molecule has 0 amide bonds. The van der Waals surface area contributed by atoms with Gasteiger partial charge in [0.05, 0.1) is 7.11 Å². The summed E-state index contributed by atoms with van der Waals surface area (Å²) in [5.41, 5.74) is 7.33. The number of aliphatic hydroxyl groups is 1. The maximum atomic E-state index is 10.5. The number of aliphatic hydroxyl groups excluding tert-OH is 1. The predicted octanol–water partition coefficient (Wildman–Crippen LogP) is 3.95. The molecule has 1 aliphatic carbocycles. The lowest BCUT2D eigenvalue weighted by molar-refractivity contribution is 0.0662. The van der Waals surface area contributed by atoms with Gasteiger partial charge in [-0.2, -0.15) is 0 Å². The molecule has 5 nitrogen and oxygen atoms in total. The molecular formula is C29H34N2O3. The number of β-amino-alcohol motifs (C(OH)–C–C–N with tert-alkyl or cyclic N) is 1. The maximum Gasteiger partial charge on any atom is 0.123 e. The number of ether oxygens (including phenoxy) is 2. The summed E-state index contributed by atoms with van der Waals surface area (Å²) in [5.74, 6) is 1.47. The monoisotopic (exact) mass is 458 g/mol. The molecular weight excluding hydrogens is 424 g/mol. The fourth-order valence-electron chi connectivity index (χ4n) is 5.22. The first-order valence-electron chi connectivity index (χ1n) is 12.3. The zero-order valence-electron chi connectivity index (χ0n) is 20.0. The van der Waals surface area contributed by atoms with Gasteiger partial charge in [-0.3, -0.25) is 4.90 Å². The second kappa shape index (κ2) is 10.5. The Hall–Kier alpha value is -3.02. The summed E-state index contributed by atoms with van der Waals surface area (Å²) in [7, 11) is 1.64. The standard InChI is InChI=1S/C29H34N2O3/c1-33-26-9-5-10-27(19-26)34-21-25(32)20-30-14-16-31(17-15-30)29-11-4-8-24-18-23-7-3-2-6-22(23)12-13-28(24)29/h2-11,19,25,32H,12-18,20-21H2,1H3. The lowest BCUT2D eigenvalue weighted by Gasteiger charge is -2.38. The molecule has 1 fully saturated rings. The van der Waals surface area contributed by atoms with Crippen molar-refractivity contribution in [3.05, 3.63) is 89.0 Å². The summed E-state index contributed by atoms with van der Waals surface area (Å²) in [5, 5.41) is 10.5. The van der Waals surface area contributed by atoms with E-state index < -0.39 is 6.10 Å². The van der Waals surface area contributed by atoms with Crippen LogP contribution >= 0.6 is 0 Å². The van der Waals surface area contributed by atoms with E-state index in [1.807, 2.05) is 24.3 Å². The Kier molecular flexibility index (Phi) is 7.02. The van der Waals surface area contributed by atoms with Gasteiger partial charge in [-0.15, -0.1) is 0 Å². The highest BCUT2D eigenvalue weighted by atomic mass is 16.5. The molecule has 0 aromatic heterocycles. The van der Waals surface area contributed by atoms with Crippen LogP contribution in [0, 0.1) is 0 Å². The van der Waals surface area contributed by atoms with Crippen LogP contribution in [0.5, 0.6) is 11.5 Å². The van der Waals surface area contributed by atoms with Gasteiger partial charge in [0.25, 0.3) is 0 Å². The van der Waals surface area contributed by atoms with E-state index in [1.54, 1.807) is 7.11 Å². The maximum absolute atomic E-state index is 10.5. The molecule has 1 atom stereocenters. The summed E-state index contributed by atoms with van der Waals surface area (Å²) in [4.78, 5) is 4.87. The Morgan fingerprint density at radius 2 is 1.56 bits per heavy atom. The molecule has 3 aromatic rings. The quantitative estimate of drug-likeness (QED) is 0.581. The number of nitrogens with zero attached hydrogens (tertiary/aromatic N) is 2. The van der Waals surface area contributed by atoms with Gasteiger partial charge in [-0.1, -0.05) is 42.5 Å². The van der Waals surface area contributed by atoms with Crippen LogP contribution in [0.15, 0.2) is 66.7 Å². The van der Waals surface area contributed by atoms with E-state index in [9.17, 15) is 5.11 Å². The molecule has 1 aliphatic heterocycles. The number of anilines is 1. The van der Waals surface area contributed by atoms with Crippen LogP contribution in [0.25, 0.3) is 0 Å². The smallest absolute Gasteiger partial charge is 0.123 e. The van der Waals surface area contributed by atoms with Crippen LogP contribution in [-0.4, -0.2) is 62.6 Å². The SMILES string of the molecule is COc1cccc(OCC(O)CN2CCN(c3cccc4c3CCc3ccccc3C4)CC2)c1. The summed E-state index contributed by atoms with van der Waals surface area (Å²) in [6.07, 6.45) is 2.71. The molecule has 178 valence electrons. The van der Waals surface area contributed by atoms with Crippen LogP contribution in [-0.2, 0) is 19.3 Å². The summed E-state index contributed by atoms with van der Waals surface area (Å²) in [6.45, 7) is 4.75. The van der Waals surface area contributed by atoms with E-state index in [2.05, 4.69) is 52.3 Å². The number of hydrogen-bond acceptors (Lipinski definition) is 5. The number of rotatable bonds is 7. The Balaban J connectivity index is 1.16. The van der Waals surface area contributed by atoms with Gasteiger partial charge in [0, 0.05) is 44.5 Å². The lowest BCUT2D eigenvalue weighted by Crippen LogP contribution is -2.49. The average molecular weight is 459 g/mol. The second-order valence-electron chi connectivity index (χ2n) is 9.29. The summed E-state index contributed by atoms with van der Waals surface area (Å²) >= 11 is 0. The second-order valence-corrected chi connectivity index (χ2v) is 9.29. The van der Waals surface area contributed by atoms with Crippen molar-refractivity contribution < 1.29 is 14.6 Å². The third-order valence-electron chi connectivity index (χ3n) is 7.06. The van der Waals surface area contributed by atoms with Gasteiger partial charge in [0.2, 0.25) is 0 Å². The molecule has 3 aromatic carbocycles. The molecule has 2 aliphatic rings. The van der Waals surface area contributed by atoms with Crippen molar-refractivity contribution in [3.63, 3.8) is 0 Å². The first-order chi connectivity index (χ1) is 16.7. The molecule has 1 heterocycles. The van der Waals surface area contributed by atoms with Crippen LogP contribution < -0.4 is 14.4 Å². The zero-order chi connectivity index (χ0) is 23.3. The highest BCUT2D eigenvalue weighted by molar-refractivity contribution is 5.59. The number of hydrogen-bond donors (Lipinski definition) is 1. The molecule has 34 heavy (non-hydrogen) atoms. The molecule has 0 spiro atoms. The van der Waals surface area contributed by atoms with Crippen molar-refractivity contribution in [1.29, 1.82) is 0 Å². The molecule has 5 rings (SSSR count). The van der Waals surface area contributed by atoms with Gasteiger partial charge >= 0.3 is 0 Å². The van der Waals surface area contributed by atoms with E-state index >= 15 is 0 Å². The van der Waals surface area contributed by atoms with Crippen LogP contribution in [0.2, 0.25) is 0 Å². The third kappa shape index (κ3) is 5.21. The Labute approximate surface area is 202 Å². The van der Waals surface area contributed by atoms with Gasteiger partial charge in [0.15, 0.2) is 0 Å². The topological polar surface area (TPSA) is 45.2 Å². The minimum atomic E-state index is -0.524. The van der Waals surface area contributed by atoms with Crippen LogP contribution in [0.4, 0.5) is 5.69 Å². The molecule has 0 saturated carbocycles. The normalized spacial score (nSPS) is 16.8. The average Bonchev–Trinajstić information content (AvgIpc) is 3.07. The van der Waals surface area contributed by atoms with E-state index in [1.165, 1.54) is 27.9 Å².